The van der Waals surface area contributed by atoms with E-state index in [4.69, 9.17) is 14.4 Å². The number of fused-ring (bicyclic) bond motifs is 3. The first kappa shape index (κ1) is 28.7. The van der Waals surface area contributed by atoms with Crippen molar-refractivity contribution in [1.29, 1.82) is 0 Å². The van der Waals surface area contributed by atoms with Gasteiger partial charge in [0.2, 0.25) is 0 Å². The average molecular weight is 630 g/mol. The molecule has 1 aromatic heterocycles. The molecule has 0 fully saturated rings. The van der Waals surface area contributed by atoms with Gasteiger partial charge in [0.05, 0.1) is 0 Å². The van der Waals surface area contributed by atoms with Crippen LogP contribution in [-0.2, 0) is 0 Å². The van der Waals surface area contributed by atoms with Crippen LogP contribution in [0.2, 0.25) is 0 Å². The van der Waals surface area contributed by atoms with Gasteiger partial charge in [0, 0.05) is 21.9 Å². The number of furan rings is 1. The number of aliphatic imine (C=N–C) groups is 2. The van der Waals surface area contributed by atoms with E-state index in [-0.39, 0.29) is 6.17 Å². The maximum Gasteiger partial charge on any atom is 0.159 e. The Bertz CT molecular complexity index is 2500. The summed E-state index contributed by atoms with van der Waals surface area (Å²) in [5, 5.41) is 5.73. The van der Waals surface area contributed by atoms with Crippen LogP contribution in [0.4, 0.5) is 0 Å². The summed E-state index contributed by atoms with van der Waals surface area (Å²) in [6, 6.07) is 61.2. The van der Waals surface area contributed by atoms with Gasteiger partial charge in [-0.2, -0.15) is 0 Å². The fraction of sp³-hybridized carbons (Fsp3) is 0.0222. The van der Waals surface area contributed by atoms with Gasteiger partial charge in [-0.05, 0) is 69.3 Å². The largest absolute Gasteiger partial charge is 0.456 e. The van der Waals surface area contributed by atoms with Crippen LogP contribution in [0, 0.1) is 0 Å². The van der Waals surface area contributed by atoms with E-state index in [1.165, 1.54) is 22.3 Å². The van der Waals surface area contributed by atoms with Crippen LogP contribution in [0.15, 0.2) is 190 Å². The van der Waals surface area contributed by atoms with Crippen LogP contribution < -0.4 is 5.32 Å². The second kappa shape index (κ2) is 12.3. The van der Waals surface area contributed by atoms with Gasteiger partial charge >= 0.3 is 0 Å². The standard InChI is InChI=1S/C45H31N3O/c1-4-11-30(12-5-1)31-19-21-32(22-20-31)35-17-10-18-36(27-35)37-23-25-39-40-26-24-38(29-42(40)49-41(39)28-37)45-47-43(33-13-6-2-7-14-33)46-44(48-45)34-15-8-3-9-16-34/h1-29,43H,(H,46,47,48). The van der Waals surface area contributed by atoms with Crippen LogP contribution in [0.25, 0.3) is 55.3 Å². The minimum atomic E-state index is -0.254. The fourth-order valence-electron chi connectivity index (χ4n) is 6.59. The van der Waals surface area contributed by atoms with Gasteiger partial charge in [-0.1, -0.05) is 146 Å². The second-order valence-corrected chi connectivity index (χ2v) is 12.3. The molecule has 0 spiro atoms. The average Bonchev–Trinajstić information content (AvgIpc) is 3.56. The van der Waals surface area contributed by atoms with Gasteiger partial charge < -0.3 is 9.73 Å². The van der Waals surface area contributed by atoms with Crippen LogP contribution in [0.5, 0.6) is 0 Å². The lowest BCUT2D eigenvalue weighted by atomic mass is 9.96. The van der Waals surface area contributed by atoms with E-state index in [1.807, 2.05) is 54.6 Å². The number of benzene rings is 7. The molecule has 1 unspecified atom stereocenters. The summed E-state index contributed by atoms with van der Waals surface area (Å²) in [6.45, 7) is 0. The Labute approximate surface area is 284 Å². The van der Waals surface area contributed by atoms with E-state index in [9.17, 15) is 0 Å². The first-order valence-electron chi connectivity index (χ1n) is 16.5. The summed E-state index contributed by atoms with van der Waals surface area (Å²) in [4.78, 5) is 9.95. The van der Waals surface area contributed by atoms with Crippen molar-refractivity contribution in [3.63, 3.8) is 0 Å². The summed E-state index contributed by atoms with van der Waals surface area (Å²) < 4.78 is 6.53. The van der Waals surface area contributed by atoms with Gasteiger partial charge in [-0.15, -0.1) is 0 Å². The summed E-state index contributed by atoms with van der Waals surface area (Å²) in [6.07, 6.45) is -0.254. The van der Waals surface area contributed by atoms with Crippen molar-refractivity contribution in [3.05, 3.63) is 193 Å². The summed E-state index contributed by atoms with van der Waals surface area (Å²) in [5.41, 5.74) is 11.7. The molecular weight excluding hydrogens is 599 g/mol. The topological polar surface area (TPSA) is 49.9 Å². The van der Waals surface area contributed by atoms with Gasteiger partial charge in [-0.3, -0.25) is 0 Å². The molecule has 0 amide bonds. The minimum absolute atomic E-state index is 0.254. The van der Waals surface area contributed by atoms with E-state index in [0.29, 0.717) is 5.84 Å². The lowest BCUT2D eigenvalue weighted by Gasteiger charge is -2.23. The van der Waals surface area contributed by atoms with Crippen molar-refractivity contribution >= 4 is 33.6 Å². The normalized spacial score (nSPS) is 14.3. The zero-order valence-electron chi connectivity index (χ0n) is 26.6. The Hall–Kier alpha value is -6.52. The minimum Gasteiger partial charge on any atom is -0.456 e. The van der Waals surface area contributed by atoms with Gasteiger partial charge in [0.25, 0.3) is 0 Å². The molecule has 49 heavy (non-hydrogen) atoms. The molecule has 9 rings (SSSR count). The molecular formula is C45H31N3O. The summed E-state index contributed by atoms with van der Waals surface area (Å²) >= 11 is 0. The lowest BCUT2D eigenvalue weighted by Crippen LogP contribution is -2.33. The first-order chi connectivity index (χ1) is 24.2. The third-order valence-corrected chi connectivity index (χ3v) is 9.16. The number of amidine groups is 2. The smallest absolute Gasteiger partial charge is 0.159 e. The summed E-state index contributed by atoms with van der Waals surface area (Å²) in [7, 11) is 0. The Morgan fingerprint density at radius 1 is 0.408 bits per heavy atom. The summed E-state index contributed by atoms with van der Waals surface area (Å²) in [5.74, 6) is 1.46. The number of hydrogen-bond donors (Lipinski definition) is 1. The SMILES string of the molecule is c1ccc(C2=NC(c3ccccc3)NC(c3ccc4c(c3)oc3cc(-c5cccc(-c6ccc(-c7ccccc7)cc6)c5)ccc34)=N2)cc1. The predicted octanol–water partition coefficient (Wildman–Crippen LogP) is 11.1. The number of nitrogens with one attached hydrogen (secondary N) is 1. The van der Waals surface area contributed by atoms with Crippen molar-refractivity contribution in [1.82, 2.24) is 5.32 Å². The molecule has 0 aliphatic carbocycles. The lowest BCUT2D eigenvalue weighted by molar-refractivity contribution is 0.666. The van der Waals surface area contributed by atoms with E-state index in [0.717, 1.165) is 55.6 Å². The van der Waals surface area contributed by atoms with Crippen molar-refractivity contribution in [2.45, 2.75) is 6.17 Å². The van der Waals surface area contributed by atoms with Gasteiger partial charge in [0.1, 0.15) is 23.2 Å². The van der Waals surface area contributed by atoms with Crippen molar-refractivity contribution in [3.8, 4) is 33.4 Å². The molecule has 0 saturated carbocycles. The highest BCUT2D eigenvalue weighted by atomic mass is 16.3. The maximum absolute atomic E-state index is 6.53. The highest BCUT2D eigenvalue weighted by Gasteiger charge is 2.21. The molecule has 1 aliphatic rings. The predicted molar refractivity (Wildman–Crippen MR) is 202 cm³/mol. The highest BCUT2D eigenvalue weighted by molar-refractivity contribution is 6.15. The number of rotatable bonds is 6. The molecule has 1 aliphatic heterocycles. The Morgan fingerprint density at radius 2 is 0.878 bits per heavy atom. The van der Waals surface area contributed by atoms with E-state index in [1.54, 1.807) is 0 Å². The maximum atomic E-state index is 6.53. The Balaban J connectivity index is 1.04. The zero-order valence-corrected chi connectivity index (χ0v) is 26.6. The highest BCUT2D eigenvalue weighted by Crippen LogP contribution is 2.35. The van der Waals surface area contributed by atoms with Gasteiger partial charge in [-0.25, -0.2) is 9.98 Å². The molecule has 232 valence electrons. The second-order valence-electron chi connectivity index (χ2n) is 12.3. The molecule has 0 radical (unpaired) electrons. The molecule has 7 aromatic carbocycles. The van der Waals surface area contributed by atoms with Gasteiger partial charge in [0.15, 0.2) is 5.84 Å². The monoisotopic (exact) mass is 629 g/mol. The molecule has 4 nitrogen and oxygen atoms in total. The Kier molecular flexibility index (Phi) is 7.17. The third-order valence-electron chi connectivity index (χ3n) is 9.16. The first-order valence-corrected chi connectivity index (χ1v) is 16.5. The van der Waals surface area contributed by atoms with Crippen LogP contribution >= 0.6 is 0 Å². The molecule has 8 aromatic rings. The molecule has 0 saturated heterocycles. The molecule has 1 N–H and O–H groups in total. The quantitative estimate of drug-likeness (QED) is 0.199. The van der Waals surface area contributed by atoms with Crippen molar-refractivity contribution in [2.24, 2.45) is 9.98 Å². The fourth-order valence-corrected chi connectivity index (χ4v) is 6.59. The number of hydrogen-bond acceptors (Lipinski definition) is 4. The van der Waals surface area contributed by atoms with Crippen LogP contribution in [0.1, 0.15) is 22.9 Å². The van der Waals surface area contributed by atoms with E-state index >= 15 is 0 Å². The van der Waals surface area contributed by atoms with E-state index < -0.39 is 0 Å². The molecule has 4 heteroatoms. The van der Waals surface area contributed by atoms with Crippen LogP contribution in [0.3, 0.4) is 0 Å². The van der Waals surface area contributed by atoms with Crippen LogP contribution in [-0.4, -0.2) is 11.7 Å². The molecule has 1 atom stereocenters. The molecule has 0 bridgehead atoms. The zero-order chi connectivity index (χ0) is 32.6. The third kappa shape index (κ3) is 5.60. The van der Waals surface area contributed by atoms with Crippen molar-refractivity contribution in [2.75, 3.05) is 0 Å². The molecule has 2 heterocycles. The van der Waals surface area contributed by atoms with E-state index in [2.05, 4.69) is 127 Å². The Morgan fingerprint density at radius 3 is 1.55 bits per heavy atom. The van der Waals surface area contributed by atoms with Crippen molar-refractivity contribution < 1.29 is 4.42 Å². The number of nitrogens with zero attached hydrogens (tertiary/aromatic N) is 2.